The van der Waals surface area contributed by atoms with E-state index in [9.17, 15) is 4.91 Å². The Morgan fingerprint density at radius 2 is 1.44 bits per heavy atom. The van der Waals surface area contributed by atoms with Gasteiger partial charge in [-0.15, -0.1) is 4.91 Å². The van der Waals surface area contributed by atoms with E-state index in [0.29, 0.717) is 0 Å². The minimum absolute atomic E-state index is 0.401. The van der Waals surface area contributed by atoms with Gasteiger partial charge in [0.25, 0.3) is 0 Å². The Labute approximate surface area is 94.9 Å². The average molecular weight is 211 g/mol. The monoisotopic (exact) mass is 211 g/mol. The van der Waals surface area contributed by atoms with Gasteiger partial charge in [0.2, 0.25) is 0 Å². The molecule has 0 aromatic heterocycles. The summed E-state index contributed by atoms with van der Waals surface area (Å²) in [6.45, 7) is 2.02. The molecule has 2 rings (SSSR count). The van der Waals surface area contributed by atoms with Crippen molar-refractivity contribution in [2.45, 2.75) is 13.0 Å². The standard InChI is InChI=1S/C14H13NO/c1-11-7-9-13(10-8-11)14(15-16)12-5-3-2-4-6-12/h2-10,14H,1H3. The van der Waals surface area contributed by atoms with Gasteiger partial charge >= 0.3 is 0 Å². The minimum Gasteiger partial charge on any atom is -0.150 e. The van der Waals surface area contributed by atoms with Crippen molar-refractivity contribution >= 4 is 0 Å². The van der Waals surface area contributed by atoms with Crippen LogP contribution in [0.2, 0.25) is 0 Å². The lowest BCUT2D eigenvalue weighted by molar-refractivity contribution is 0.863. The van der Waals surface area contributed by atoms with Gasteiger partial charge < -0.3 is 0 Å². The quantitative estimate of drug-likeness (QED) is 0.709. The van der Waals surface area contributed by atoms with Crippen LogP contribution >= 0.6 is 0 Å². The third-order valence-corrected chi connectivity index (χ3v) is 2.61. The van der Waals surface area contributed by atoms with Crippen LogP contribution in [0.3, 0.4) is 0 Å². The number of nitroso groups, excluding NO2 is 1. The topological polar surface area (TPSA) is 29.4 Å². The number of benzene rings is 2. The van der Waals surface area contributed by atoms with Crippen LogP contribution in [0.1, 0.15) is 22.7 Å². The van der Waals surface area contributed by atoms with E-state index in [1.54, 1.807) is 0 Å². The van der Waals surface area contributed by atoms with Crippen LogP contribution in [0.15, 0.2) is 59.8 Å². The zero-order chi connectivity index (χ0) is 11.4. The Balaban J connectivity index is 2.37. The molecule has 80 valence electrons. The van der Waals surface area contributed by atoms with Crippen molar-refractivity contribution in [2.24, 2.45) is 5.18 Å². The first kappa shape index (κ1) is 10.6. The smallest absolute Gasteiger partial charge is 0.142 e. The summed E-state index contributed by atoms with van der Waals surface area (Å²) in [5.74, 6) is 0. The molecule has 1 atom stereocenters. The van der Waals surface area contributed by atoms with E-state index in [2.05, 4.69) is 5.18 Å². The van der Waals surface area contributed by atoms with E-state index in [1.165, 1.54) is 5.56 Å². The molecule has 0 radical (unpaired) electrons. The molecule has 0 N–H and O–H groups in total. The molecule has 2 nitrogen and oxygen atoms in total. The number of aryl methyl sites for hydroxylation is 1. The Morgan fingerprint density at radius 1 is 0.875 bits per heavy atom. The van der Waals surface area contributed by atoms with E-state index in [4.69, 9.17) is 0 Å². The van der Waals surface area contributed by atoms with Crippen molar-refractivity contribution in [2.75, 3.05) is 0 Å². The fraction of sp³-hybridized carbons (Fsp3) is 0.143. The van der Waals surface area contributed by atoms with Gasteiger partial charge in [0.05, 0.1) is 0 Å². The molecule has 0 aliphatic carbocycles. The van der Waals surface area contributed by atoms with Crippen LogP contribution in [0.25, 0.3) is 0 Å². The fourth-order valence-corrected chi connectivity index (χ4v) is 1.70. The Kier molecular flexibility index (Phi) is 3.10. The highest BCUT2D eigenvalue weighted by atomic mass is 16.3. The van der Waals surface area contributed by atoms with Gasteiger partial charge in [-0.2, -0.15) is 0 Å². The Morgan fingerprint density at radius 3 is 2.00 bits per heavy atom. The zero-order valence-electron chi connectivity index (χ0n) is 9.13. The molecule has 2 aromatic carbocycles. The van der Waals surface area contributed by atoms with Crippen molar-refractivity contribution in [3.05, 3.63) is 76.2 Å². The molecule has 0 spiro atoms. The molecular formula is C14H13NO. The Hall–Kier alpha value is -1.96. The Bertz CT molecular complexity index is 462. The third-order valence-electron chi connectivity index (χ3n) is 2.61. The van der Waals surface area contributed by atoms with Crippen molar-refractivity contribution in [3.63, 3.8) is 0 Å². The summed E-state index contributed by atoms with van der Waals surface area (Å²) >= 11 is 0. The van der Waals surface area contributed by atoms with E-state index in [-0.39, 0.29) is 0 Å². The lowest BCUT2D eigenvalue weighted by Gasteiger charge is -2.09. The van der Waals surface area contributed by atoms with Crippen LogP contribution in [0.4, 0.5) is 0 Å². The van der Waals surface area contributed by atoms with Crippen molar-refractivity contribution in [3.8, 4) is 0 Å². The lowest BCUT2D eigenvalue weighted by Crippen LogP contribution is -1.96. The number of hydrogen-bond acceptors (Lipinski definition) is 2. The molecule has 0 aliphatic heterocycles. The molecule has 1 unspecified atom stereocenters. The highest BCUT2D eigenvalue weighted by Gasteiger charge is 2.13. The molecule has 2 heteroatoms. The van der Waals surface area contributed by atoms with Crippen molar-refractivity contribution < 1.29 is 0 Å². The normalized spacial score (nSPS) is 12.1. The summed E-state index contributed by atoms with van der Waals surface area (Å²) in [6, 6.07) is 17.1. The van der Waals surface area contributed by atoms with Crippen LogP contribution in [-0.2, 0) is 0 Å². The SMILES string of the molecule is Cc1ccc(C(N=O)c2ccccc2)cc1. The first-order chi connectivity index (χ1) is 7.81. The second-order valence-corrected chi connectivity index (χ2v) is 3.83. The molecule has 2 aromatic rings. The highest BCUT2D eigenvalue weighted by Crippen LogP contribution is 2.25. The molecule has 0 amide bonds. The molecule has 0 bridgehead atoms. The lowest BCUT2D eigenvalue weighted by atomic mass is 9.99. The first-order valence-electron chi connectivity index (χ1n) is 5.25. The number of rotatable bonds is 3. The van der Waals surface area contributed by atoms with Gasteiger partial charge in [-0.3, -0.25) is 0 Å². The number of nitrogens with zero attached hydrogens (tertiary/aromatic N) is 1. The van der Waals surface area contributed by atoms with Gasteiger partial charge in [0.15, 0.2) is 0 Å². The van der Waals surface area contributed by atoms with E-state index >= 15 is 0 Å². The second-order valence-electron chi connectivity index (χ2n) is 3.83. The molecule has 0 saturated carbocycles. The molecule has 0 fully saturated rings. The van der Waals surface area contributed by atoms with Gasteiger partial charge in [-0.1, -0.05) is 65.3 Å². The highest BCUT2D eigenvalue weighted by molar-refractivity contribution is 5.33. The van der Waals surface area contributed by atoms with E-state index in [0.717, 1.165) is 11.1 Å². The molecule has 0 heterocycles. The molecule has 16 heavy (non-hydrogen) atoms. The third kappa shape index (κ3) is 2.16. The van der Waals surface area contributed by atoms with Crippen LogP contribution in [0, 0.1) is 11.8 Å². The maximum Gasteiger partial charge on any atom is 0.142 e. The molecule has 0 saturated heterocycles. The van der Waals surface area contributed by atoms with E-state index < -0.39 is 6.04 Å². The molecule has 0 aliphatic rings. The largest absolute Gasteiger partial charge is 0.150 e. The summed E-state index contributed by atoms with van der Waals surface area (Å²) in [4.78, 5) is 10.9. The van der Waals surface area contributed by atoms with Gasteiger partial charge in [-0.05, 0) is 18.1 Å². The van der Waals surface area contributed by atoms with Crippen molar-refractivity contribution in [1.82, 2.24) is 0 Å². The fourth-order valence-electron chi connectivity index (χ4n) is 1.70. The summed E-state index contributed by atoms with van der Waals surface area (Å²) in [7, 11) is 0. The van der Waals surface area contributed by atoms with Gasteiger partial charge in [0, 0.05) is 0 Å². The zero-order valence-corrected chi connectivity index (χ0v) is 9.13. The minimum atomic E-state index is -0.401. The maximum atomic E-state index is 10.9. The van der Waals surface area contributed by atoms with Crippen LogP contribution < -0.4 is 0 Å². The predicted octanol–water partition coefficient (Wildman–Crippen LogP) is 3.85. The first-order valence-corrected chi connectivity index (χ1v) is 5.25. The van der Waals surface area contributed by atoms with Crippen LogP contribution in [0.5, 0.6) is 0 Å². The van der Waals surface area contributed by atoms with Crippen molar-refractivity contribution in [1.29, 1.82) is 0 Å². The average Bonchev–Trinajstić information content (AvgIpc) is 2.34. The molecular weight excluding hydrogens is 198 g/mol. The van der Waals surface area contributed by atoms with Gasteiger partial charge in [-0.25, -0.2) is 0 Å². The summed E-state index contributed by atoms with van der Waals surface area (Å²) in [5, 5.41) is 3.21. The maximum absolute atomic E-state index is 10.9. The van der Waals surface area contributed by atoms with Gasteiger partial charge in [0.1, 0.15) is 6.04 Å². The predicted molar refractivity (Wildman–Crippen MR) is 65.3 cm³/mol. The summed E-state index contributed by atoms with van der Waals surface area (Å²) in [6.07, 6.45) is 0. The second kappa shape index (κ2) is 4.71. The summed E-state index contributed by atoms with van der Waals surface area (Å²) in [5.41, 5.74) is 3.05. The number of hydrogen-bond donors (Lipinski definition) is 0. The van der Waals surface area contributed by atoms with Crippen LogP contribution in [-0.4, -0.2) is 0 Å². The van der Waals surface area contributed by atoms with E-state index in [1.807, 2.05) is 61.5 Å². The summed E-state index contributed by atoms with van der Waals surface area (Å²) < 4.78 is 0.